The highest BCUT2D eigenvalue weighted by molar-refractivity contribution is 6.00. The molecule has 4 N–H and O–H groups in total. The van der Waals surface area contributed by atoms with E-state index in [4.69, 9.17) is 4.74 Å². The molecular weight excluding hydrogens is 392 g/mol. The summed E-state index contributed by atoms with van der Waals surface area (Å²) < 4.78 is 5.14. The lowest BCUT2D eigenvalue weighted by molar-refractivity contribution is 0.0954. The van der Waals surface area contributed by atoms with Gasteiger partial charge in [-0.1, -0.05) is 18.2 Å². The molecule has 158 valence electrons. The van der Waals surface area contributed by atoms with Gasteiger partial charge in [0.2, 0.25) is 0 Å². The molecule has 0 aliphatic heterocycles. The highest BCUT2D eigenvalue weighted by atomic mass is 16.5. The number of para-hydroxylation sites is 1. The van der Waals surface area contributed by atoms with E-state index in [0.717, 1.165) is 23.3 Å². The molecule has 1 amide bonds. The molecule has 8 heteroatoms. The van der Waals surface area contributed by atoms with Crippen molar-refractivity contribution in [3.8, 4) is 5.75 Å². The highest BCUT2D eigenvalue weighted by Gasteiger charge is 2.17. The summed E-state index contributed by atoms with van der Waals surface area (Å²) >= 11 is 0. The molecule has 0 aliphatic rings. The Morgan fingerprint density at radius 1 is 1.19 bits per heavy atom. The number of methoxy groups -OCH3 is 1. The molecule has 2 heterocycles. The van der Waals surface area contributed by atoms with E-state index in [1.165, 1.54) is 10.9 Å². The van der Waals surface area contributed by atoms with Crippen LogP contribution in [0.3, 0.4) is 0 Å². The molecule has 0 atom stereocenters. The third-order valence-electron chi connectivity index (χ3n) is 5.03. The SMILES string of the molecule is COc1ccc(/C=N/Nc2n[nH]c(C)c2C(=O)NCCc2c[nH]c3ccccc23)cc1. The molecule has 0 spiro atoms. The average molecular weight is 416 g/mol. The monoisotopic (exact) mass is 416 g/mol. The molecule has 0 unspecified atom stereocenters. The van der Waals surface area contributed by atoms with Crippen LogP contribution in [-0.2, 0) is 6.42 Å². The van der Waals surface area contributed by atoms with E-state index >= 15 is 0 Å². The van der Waals surface area contributed by atoms with E-state index in [2.05, 4.69) is 37.1 Å². The van der Waals surface area contributed by atoms with Crippen molar-refractivity contribution in [2.45, 2.75) is 13.3 Å². The van der Waals surface area contributed by atoms with Crippen molar-refractivity contribution in [3.05, 3.63) is 77.1 Å². The molecule has 2 aromatic heterocycles. The van der Waals surface area contributed by atoms with E-state index in [1.807, 2.05) is 48.7 Å². The molecule has 2 aromatic carbocycles. The van der Waals surface area contributed by atoms with Crippen LogP contribution < -0.4 is 15.5 Å². The number of benzene rings is 2. The zero-order valence-electron chi connectivity index (χ0n) is 17.4. The lowest BCUT2D eigenvalue weighted by atomic mass is 10.1. The summed E-state index contributed by atoms with van der Waals surface area (Å²) in [5.41, 5.74) is 7.13. The Balaban J connectivity index is 1.37. The normalized spacial score (nSPS) is 11.2. The van der Waals surface area contributed by atoms with Crippen LogP contribution in [0.15, 0.2) is 59.8 Å². The van der Waals surface area contributed by atoms with Crippen LogP contribution in [0.2, 0.25) is 0 Å². The number of aromatic amines is 2. The van der Waals surface area contributed by atoms with Gasteiger partial charge < -0.3 is 15.0 Å². The van der Waals surface area contributed by atoms with Gasteiger partial charge in [-0.15, -0.1) is 0 Å². The third-order valence-corrected chi connectivity index (χ3v) is 5.03. The number of rotatable bonds is 8. The van der Waals surface area contributed by atoms with Crippen LogP contribution in [0, 0.1) is 6.92 Å². The van der Waals surface area contributed by atoms with Gasteiger partial charge in [0.25, 0.3) is 5.91 Å². The Bertz CT molecular complexity index is 1210. The van der Waals surface area contributed by atoms with E-state index in [-0.39, 0.29) is 5.91 Å². The second-order valence-corrected chi connectivity index (χ2v) is 7.08. The Morgan fingerprint density at radius 3 is 2.81 bits per heavy atom. The average Bonchev–Trinajstić information content (AvgIpc) is 3.37. The van der Waals surface area contributed by atoms with Gasteiger partial charge in [-0.3, -0.25) is 15.3 Å². The molecule has 4 aromatic rings. The van der Waals surface area contributed by atoms with Gasteiger partial charge >= 0.3 is 0 Å². The van der Waals surface area contributed by atoms with E-state index in [1.54, 1.807) is 20.2 Å². The van der Waals surface area contributed by atoms with Crippen LogP contribution in [0.4, 0.5) is 5.82 Å². The van der Waals surface area contributed by atoms with E-state index < -0.39 is 0 Å². The van der Waals surface area contributed by atoms with Crippen LogP contribution >= 0.6 is 0 Å². The zero-order valence-corrected chi connectivity index (χ0v) is 17.4. The van der Waals surface area contributed by atoms with Crippen molar-refractivity contribution < 1.29 is 9.53 Å². The first-order valence-corrected chi connectivity index (χ1v) is 9.97. The molecule has 31 heavy (non-hydrogen) atoms. The predicted octanol–water partition coefficient (Wildman–Crippen LogP) is 3.63. The van der Waals surface area contributed by atoms with Crippen molar-refractivity contribution in [2.75, 3.05) is 19.1 Å². The molecule has 0 bridgehead atoms. The van der Waals surface area contributed by atoms with Crippen LogP contribution in [-0.4, -0.2) is 41.0 Å². The number of hydrazone groups is 1. The number of carbonyl (C=O) groups is 1. The summed E-state index contributed by atoms with van der Waals surface area (Å²) in [5.74, 6) is 0.958. The maximum Gasteiger partial charge on any atom is 0.257 e. The van der Waals surface area contributed by atoms with Gasteiger partial charge in [0.1, 0.15) is 11.3 Å². The molecule has 0 fully saturated rings. The van der Waals surface area contributed by atoms with Gasteiger partial charge in [0.15, 0.2) is 5.82 Å². The number of hydrogen-bond acceptors (Lipinski definition) is 5. The van der Waals surface area contributed by atoms with Crippen molar-refractivity contribution in [2.24, 2.45) is 5.10 Å². The summed E-state index contributed by atoms with van der Waals surface area (Å²) in [5, 5.41) is 15.3. The van der Waals surface area contributed by atoms with Gasteiger partial charge in [-0.2, -0.15) is 10.2 Å². The fraction of sp³-hybridized carbons (Fsp3) is 0.174. The number of amides is 1. The lowest BCUT2D eigenvalue weighted by Gasteiger charge is -2.06. The van der Waals surface area contributed by atoms with Gasteiger partial charge in [-0.25, -0.2) is 0 Å². The van der Waals surface area contributed by atoms with Gasteiger partial charge in [0, 0.05) is 29.3 Å². The van der Waals surface area contributed by atoms with E-state index in [9.17, 15) is 4.79 Å². The molecule has 8 nitrogen and oxygen atoms in total. The minimum absolute atomic E-state index is 0.201. The van der Waals surface area contributed by atoms with Gasteiger partial charge in [0.05, 0.1) is 13.3 Å². The Kier molecular flexibility index (Phi) is 5.98. The second kappa shape index (κ2) is 9.17. The van der Waals surface area contributed by atoms with Crippen LogP contribution in [0.1, 0.15) is 27.2 Å². The molecule has 0 saturated heterocycles. The van der Waals surface area contributed by atoms with Crippen molar-refractivity contribution in [1.82, 2.24) is 20.5 Å². The minimum Gasteiger partial charge on any atom is -0.497 e. The van der Waals surface area contributed by atoms with Crippen molar-refractivity contribution >= 4 is 28.8 Å². The number of aryl methyl sites for hydroxylation is 1. The topological polar surface area (TPSA) is 107 Å². The largest absolute Gasteiger partial charge is 0.497 e. The summed E-state index contributed by atoms with van der Waals surface area (Å²) in [6.07, 6.45) is 4.37. The number of aromatic nitrogens is 3. The Labute approximate surface area is 179 Å². The number of hydrogen-bond donors (Lipinski definition) is 4. The number of carbonyl (C=O) groups excluding carboxylic acids is 1. The zero-order chi connectivity index (χ0) is 21.6. The molecular formula is C23H24N6O2. The van der Waals surface area contributed by atoms with Gasteiger partial charge in [-0.05, 0) is 54.8 Å². The van der Waals surface area contributed by atoms with E-state index in [0.29, 0.717) is 23.6 Å². The summed E-state index contributed by atoms with van der Waals surface area (Å²) in [6, 6.07) is 15.6. The minimum atomic E-state index is -0.201. The molecule has 0 radical (unpaired) electrons. The van der Waals surface area contributed by atoms with Crippen molar-refractivity contribution in [3.63, 3.8) is 0 Å². The maximum atomic E-state index is 12.8. The summed E-state index contributed by atoms with van der Waals surface area (Å²) in [6.45, 7) is 2.32. The number of anilines is 1. The number of fused-ring (bicyclic) bond motifs is 1. The Morgan fingerprint density at radius 2 is 2.00 bits per heavy atom. The number of H-pyrrole nitrogens is 2. The number of nitrogens with one attached hydrogen (secondary N) is 4. The molecule has 4 rings (SSSR count). The first-order valence-electron chi connectivity index (χ1n) is 9.97. The summed E-state index contributed by atoms with van der Waals surface area (Å²) in [4.78, 5) is 16.0. The third kappa shape index (κ3) is 4.58. The standard InChI is InChI=1S/C23H24N6O2/c1-15-21(22(29-27-15)28-26-13-16-7-9-18(31-2)10-8-16)23(30)24-12-11-17-14-25-20-6-4-3-5-19(17)20/h3-10,13-14,25H,11-12H2,1-2H3,(H,24,30)(H2,27,28,29)/b26-13+. The Hall–Kier alpha value is -4.07. The predicted molar refractivity (Wildman–Crippen MR) is 122 cm³/mol. The fourth-order valence-corrected chi connectivity index (χ4v) is 3.38. The van der Waals surface area contributed by atoms with Crippen molar-refractivity contribution in [1.29, 1.82) is 0 Å². The first kappa shape index (κ1) is 20.2. The maximum absolute atomic E-state index is 12.8. The lowest BCUT2D eigenvalue weighted by Crippen LogP contribution is -2.26. The number of nitrogens with zero attached hydrogens (tertiary/aromatic N) is 2. The number of ether oxygens (including phenoxy) is 1. The smallest absolute Gasteiger partial charge is 0.257 e. The quantitative estimate of drug-likeness (QED) is 0.260. The highest BCUT2D eigenvalue weighted by Crippen LogP contribution is 2.19. The van der Waals surface area contributed by atoms with Crippen LogP contribution in [0.5, 0.6) is 5.75 Å². The first-order chi connectivity index (χ1) is 15.2. The van der Waals surface area contributed by atoms with Crippen LogP contribution in [0.25, 0.3) is 10.9 Å². The second-order valence-electron chi connectivity index (χ2n) is 7.08. The molecule has 0 aliphatic carbocycles. The fourth-order valence-electron chi connectivity index (χ4n) is 3.38. The summed E-state index contributed by atoms with van der Waals surface area (Å²) in [7, 11) is 1.62. The molecule has 0 saturated carbocycles.